The van der Waals surface area contributed by atoms with Crippen molar-refractivity contribution in [1.82, 2.24) is 0 Å². The van der Waals surface area contributed by atoms with Gasteiger partial charge < -0.3 is 10.2 Å². The molecule has 4 heteroatoms. The average molecular weight is 565 g/mol. The van der Waals surface area contributed by atoms with Crippen LogP contribution in [0.3, 0.4) is 0 Å². The van der Waals surface area contributed by atoms with E-state index in [1.807, 2.05) is 23.5 Å². The molecular weight excluding hydrogens is 517 g/mol. The first-order chi connectivity index (χ1) is 17.7. The number of hydrogen-bond donors (Lipinski definition) is 2. The molecule has 0 saturated carbocycles. The molecule has 0 fully saturated rings. The largest absolute Gasteiger partial charge is 0.507 e. The van der Waals surface area contributed by atoms with E-state index in [9.17, 15) is 10.2 Å². The zero-order valence-electron chi connectivity index (χ0n) is 26.0. The number of thioether (sulfide) groups is 2. The van der Waals surface area contributed by atoms with Crippen LogP contribution >= 0.6 is 23.5 Å². The Morgan fingerprint density at radius 1 is 0.487 bits per heavy atom. The molecule has 0 amide bonds. The van der Waals surface area contributed by atoms with Crippen molar-refractivity contribution in [1.29, 1.82) is 0 Å². The van der Waals surface area contributed by atoms with E-state index in [1.54, 1.807) is 0 Å². The van der Waals surface area contributed by atoms with Crippen molar-refractivity contribution in [3.63, 3.8) is 0 Å². The van der Waals surface area contributed by atoms with E-state index < -0.39 is 0 Å². The highest BCUT2D eigenvalue weighted by Gasteiger charge is 2.30. The number of benzene rings is 3. The third kappa shape index (κ3) is 7.58. The highest BCUT2D eigenvalue weighted by molar-refractivity contribution is 8.16. The van der Waals surface area contributed by atoms with E-state index in [0.717, 1.165) is 32.0 Å². The molecule has 3 aromatic carbocycles. The maximum Gasteiger partial charge on any atom is 0.123 e. The van der Waals surface area contributed by atoms with Crippen molar-refractivity contribution in [3.8, 4) is 11.5 Å². The minimum atomic E-state index is -0.184. The van der Waals surface area contributed by atoms with Gasteiger partial charge in [-0.2, -0.15) is 0 Å². The van der Waals surface area contributed by atoms with Gasteiger partial charge in [0.2, 0.25) is 0 Å². The lowest BCUT2D eigenvalue weighted by Crippen LogP contribution is -2.17. The Balaban J connectivity index is 2.18. The lowest BCUT2D eigenvalue weighted by Gasteiger charge is -2.30. The Kier molecular flexibility index (Phi) is 8.95. The quantitative estimate of drug-likeness (QED) is 0.239. The zero-order chi connectivity index (χ0) is 29.6. The molecular formula is C35H48O2S2. The van der Waals surface area contributed by atoms with Crippen LogP contribution in [0.5, 0.6) is 11.5 Å². The summed E-state index contributed by atoms with van der Waals surface area (Å²) in [5.41, 5.74) is 4.40. The molecule has 0 aliphatic rings. The van der Waals surface area contributed by atoms with Crippen LogP contribution in [0.1, 0.15) is 115 Å². The number of phenolic OH excluding ortho intramolecular Hbond substituents is 2. The molecule has 2 N–H and O–H groups in total. The highest BCUT2D eigenvalue weighted by atomic mass is 32.2. The van der Waals surface area contributed by atoms with Crippen LogP contribution in [0, 0.1) is 0 Å². The van der Waals surface area contributed by atoms with Gasteiger partial charge in [-0.05, 0) is 51.5 Å². The Bertz CT molecular complexity index is 1140. The summed E-state index contributed by atoms with van der Waals surface area (Å²) in [7, 11) is 0. The second kappa shape index (κ2) is 11.1. The summed E-state index contributed by atoms with van der Waals surface area (Å²) in [6, 6.07) is 19.3. The molecule has 0 aliphatic carbocycles. The van der Waals surface area contributed by atoms with Crippen molar-refractivity contribution < 1.29 is 10.2 Å². The number of rotatable bonds is 5. The minimum absolute atomic E-state index is 0.0848. The summed E-state index contributed by atoms with van der Waals surface area (Å²) in [6.45, 7) is 25.9. The van der Waals surface area contributed by atoms with E-state index in [4.69, 9.17) is 0 Å². The van der Waals surface area contributed by atoms with Crippen LogP contribution in [0.25, 0.3) is 0 Å². The van der Waals surface area contributed by atoms with Crippen LogP contribution in [0.4, 0.5) is 0 Å². The molecule has 3 aromatic rings. The van der Waals surface area contributed by atoms with E-state index in [2.05, 4.69) is 138 Å². The summed E-state index contributed by atoms with van der Waals surface area (Å²) < 4.78 is 0.0848. The first-order valence-electron chi connectivity index (χ1n) is 13.8. The van der Waals surface area contributed by atoms with E-state index in [1.165, 1.54) is 5.56 Å². The Morgan fingerprint density at radius 2 is 0.769 bits per heavy atom. The second-order valence-corrected chi connectivity index (χ2v) is 17.4. The van der Waals surface area contributed by atoms with Crippen LogP contribution in [0.2, 0.25) is 0 Å². The van der Waals surface area contributed by atoms with Gasteiger partial charge in [0.05, 0.1) is 4.58 Å². The Morgan fingerprint density at radius 3 is 1.03 bits per heavy atom. The first-order valence-corrected chi connectivity index (χ1v) is 15.6. The summed E-state index contributed by atoms with van der Waals surface area (Å²) in [4.78, 5) is 2.30. The molecule has 0 aliphatic heterocycles. The van der Waals surface area contributed by atoms with Gasteiger partial charge in [0.1, 0.15) is 11.5 Å². The van der Waals surface area contributed by atoms with Crippen molar-refractivity contribution in [3.05, 3.63) is 82.4 Å². The maximum atomic E-state index is 11.3. The van der Waals surface area contributed by atoms with Crippen LogP contribution in [-0.4, -0.2) is 10.2 Å². The zero-order valence-corrected chi connectivity index (χ0v) is 27.6. The number of phenols is 2. The Hall–Kier alpha value is -2.04. The number of aromatic hydroxyl groups is 2. The topological polar surface area (TPSA) is 40.5 Å². The fraction of sp³-hybridized carbons (Fsp3) is 0.486. The number of hydrogen-bond acceptors (Lipinski definition) is 4. The van der Waals surface area contributed by atoms with Crippen molar-refractivity contribution in [2.24, 2.45) is 0 Å². The normalized spacial score (nSPS) is 13.3. The van der Waals surface area contributed by atoms with Gasteiger partial charge in [-0.1, -0.05) is 113 Å². The SMILES string of the molecule is CC(C)(C)c1cc(SC(Sc2cc(C(C)(C)C)c(O)c(C(C)(C)C)c2)c2ccccc2)cc(C(C)(C)C)c1O. The molecule has 212 valence electrons. The van der Waals surface area contributed by atoms with E-state index >= 15 is 0 Å². The van der Waals surface area contributed by atoms with Crippen LogP contribution < -0.4 is 0 Å². The third-order valence-corrected chi connectivity index (χ3v) is 9.52. The smallest absolute Gasteiger partial charge is 0.123 e. The van der Waals surface area contributed by atoms with Gasteiger partial charge in [0.15, 0.2) is 0 Å². The molecule has 0 radical (unpaired) electrons. The predicted molar refractivity (Wildman–Crippen MR) is 172 cm³/mol. The molecule has 3 rings (SSSR count). The summed E-state index contributed by atoms with van der Waals surface area (Å²) in [5, 5.41) is 22.5. The molecule has 0 atom stereocenters. The molecule has 0 spiro atoms. The molecule has 0 saturated heterocycles. The van der Waals surface area contributed by atoms with Crippen LogP contribution in [0.15, 0.2) is 64.4 Å². The van der Waals surface area contributed by atoms with Gasteiger partial charge in [0.25, 0.3) is 0 Å². The van der Waals surface area contributed by atoms with Gasteiger partial charge in [-0.25, -0.2) is 0 Å². The minimum Gasteiger partial charge on any atom is -0.507 e. The summed E-state index contributed by atoms with van der Waals surface area (Å²) >= 11 is 3.65. The van der Waals surface area contributed by atoms with Crippen molar-refractivity contribution >= 4 is 23.5 Å². The van der Waals surface area contributed by atoms with Crippen molar-refractivity contribution in [2.45, 2.75) is 119 Å². The van der Waals surface area contributed by atoms with Crippen LogP contribution in [-0.2, 0) is 21.7 Å². The summed E-state index contributed by atoms with van der Waals surface area (Å²) in [5.74, 6) is 0.817. The highest BCUT2D eigenvalue weighted by Crippen LogP contribution is 2.52. The van der Waals surface area contributed by atoms with Gasteiger partial charge in [-0.15, -0.1) is 23.5 Å². The lowest BCUT2D eigenvalue weighted by molar-refractivity contribution is 0.421. The monoisotopic (exact) mass is 564 g/mol. The van der Waals surface area contributed by atoms with Crippen molar-refractivity contribution in [2.75, 3.05) is 0 Å². The average Bonchev–Trinajstić information content (AvgIpc) is 2.78. The second-order valence-electron chi connectivity index (χ2n) is 14.7. The molecule has 0 unspecified atom stereocenters. The van der Waals surface area contributed by atoms with E-state index in [0.29, 0.717) is 11.5 Å². The fourth-order valence-corrected chi connectivity index (χ4v) is 7.34. The third-order valence-electron chi connectivity index (χ3n) is 6.96. The molecule has 39 heavy (non-hydrogen) atoms. The molecule has 0 heterocycles. The van der Waals surface area contributed by atoms with Gasteiger partial charge in [-0.3, -0.25) is 0 Å². The fourth-order valence-electron chi connectivity index (χ4n) is 4.66. The first kappa shape index (κ1) is 31.5. The molecule has 0 bridgehead atoms. The predicted octanol–water partition coefficient (Wildman–Crippen LogP) is 10.9. The van der Waals surface area contributed by atoms with E-state index in [-0.39, 0.29) is 26.2 Å². The lowest BCUT2D eigenvalue weighted by atomic mass is 9.79. The molecule has 2 nitrogen and oxygen atoms in total. The van der Waals surface area contributed by atoms with Gasteiger partial charge >= 0.3 is 0 Å². The maximum absolute atomic E-state index is 11.3. The Labute approximate surface area is 246 Å². The standard InChI is InChI=1S/C35H48O2S2/c1-32(2,3)25-18-23(19-26(29(25)36)33(4,5)6)38-31(22-16-14-13-15-17-22)39-24-20-27(34(7,8)9)30(37)28(21-24)35(10,11)12/h13-21,31,36-37H,1-12H3. The summed E-state index contributed by atoms with van der Waals surface area (Å²) in [6.07, 6.45) is 0. The van der Waals surface area contributed by atoms with Gasteiger partial charge in [0, 0.05) is 32.0 Å². The molecule has 0 aromatic heterocycles.